The fourth-order valence-electron chi connectivity index (χ4n) is 4.72. The summed E-state index contributed by atoms with van der Waals surface area (Å²) in [7, 11) is 0. The topological polar surface area (TPSA) is 73.2 Å². The van der Waals surface area contributed by atoms with Crippen LogP contribution < -0.4 is 5.32 Å². The Balaban J connectivity index is 1.85. The summed E-state index contributed by atoms with van der Waals surface area (Å²) in [6.07, 6.45) is 12.8. The van der Waals surface area contributed by atoms with Gasteiger partial charge in [0.1, 0.15) is 0 Å². The highest BCUT2D eigenvalue weighted by Crippen LogP contribution is 2.30. The lowest BCUT2D eigenvalue weighted by Crippen LogP contribution is -2.29. The van der Waals surface area contributed by atoms with Gasteiger partial charge in [-0.25, -0.2) is 9.78 Å². The summed E-state index contributed by atoms with van der Waals surface area (Å²) in [4.78, 5) is 30.0. The number of nitrogens with one attached hydrogen (secondary N) is 1. The predicted octanol–water partition coefficient (Wildman–Crippen LogP) is 6.93. The summed E-state index contributed by atoms with van der Waals surface area (Å²) in [5, 5.41) is 5.41. The van der Waals surface area contributed by atoms with Gasteiger partial charge in [0.25, 0.3) is 5.91 Å². The number of rotatable bonds is 13. The molecule has 1 N–H and O–H groups in total. The molecule has 2 aromatic heterocycles. The molecule has 192 valence electrons. The standard InChI is InChI=1S/C28H41N3O3S/c1-5-8-12-21(6-2)18-29-26(32)23-17-25(24-19-35-27(30-24)28(33)34-7-3)31(20(23)4)16-15-22-13-10-9-11-14-22/h13,17,19,21H,5-12,14-16,18H2,1-4H3,(H,29,32). The Hall–Kier alpha value is -2.41. The van der Waals surface area contributed by atoms with E-state index in [1.54, 1.807) is 6.92 Å². The van der Waals surface area contributed by atoms with Crippen molar-refractivity contribution in [2.45, 2.75) is 92.0 Å². The molecule has 0 bridgehead atoms. The first-order chi connectivity index (χ1) is 17.0. The molecule has 3 rings (SSSR count). The number of thiazole rings is 1. The zero-order valence-electron chi connectivity index (χ0n) is 21.8. The van der Waals surface area contributed by atoms with Crippen molar-refractivity contribution in [1.29, 1.82) is 0 Å². The van der Waals surface area contributed by atoms with E-state index in [1.807, 2.05) is 18.4 Å². The Bertz CT molecular complexity index is 1020. The quantitative estimate of drug-likeness (QED) is 0.239. The molecule has 0 saturated heterocycles. The van der Waals surface area contributed by atoms with E-state index < -0.39 is 5.97 Å². The van der Waals surface area contributed by atoms with E-state index in [9.17, 15) is 9.59 Å². The lowest BCUT2D eigenvalue weighted by molar-refractivity contribution is 0.0526. The van der Waals surface area contributed by atoms with Crippen LogP contribution in [0.15, 0.2) is 23.1 Å². The van der Waals surface area contributed by atoms with Gasteiger partial charge in [-0.15, -0.1) is 11.3 Å². The van der Waals surface area contributed by atoms with Crippen molar-refractivity contribution in [3.63, 3.8) is 0 Å². The highest BCUT2D eigenvalue weighted by molar-refractivity contribution is 7.11. The van der Waals surface area contributed by atoms with E-state index in [4.69, 9.17) is 4.74 Å². The van der Waals surface area contributed by atoms with Crippen LogP contribution in [0, 0.1) is 12.8 Å². The zero-order chi connectivity index (χ0) is 25.2. The first-order valence-electron chi connectivity index (χ1n) is 13.3. The molecule has 7 heteroatoms. The zero-order valence-corrected chi connectivity index (χ0v) is 22.6. The van der Waals surface area contributed by atoms with Crippen LogP contribution in [0.25, 0.3) is 11.4 Å². The maximum Gasteiger partial charge on any atom is 0.367 e. The van der Waals surface area contributed by atoms with Gasteiger partial charge in [0, 0.05) is 24.2 Å². The van der Waals surface area contributed by atoms with Crippen LogP contribution in [-0.2, 0) is 11.3 Å². The number of carbonyl (C=O) groups excluding carboxylic acids is 2. The number of carbonyl (C=O) groups is 2. The van der Waals surface area contributed by atoms with E-state index in [1.165, 1.54) is 42.6 Å². The summed E-state index contributed by atoms with van der Waals surface area (Å²) >= 11 is 1.28. The molecule has 35 heavy (non-hydrogen) atoms. The summed E-state index contributed by atoms with van der Waals surface area (Å²) in [6, 6.07) is 1.94. The molecule has 1 amide bonds. The number of esters is 1. The van der Waals surface area contributed by atoms with Crippen molar-refractivity contribution in [2.24, 2.45) is 5.92 Å². The van der Waals surface area contributed by atoms with Gasteiger partial charge in [0.2, 0.25) is 5.01 Å². The molecule has 1 unspecified atom stereocenters. The lowest BCUT2D eigenvalue weighted by Gasteiger charge is -2.16. The number of ether oxygens (including phenoxy) is 1. The van der Waals surface area contributed by atoms with Gasteiger partial charge in [-0.2, -0.15) is 0 Å². The molecule has 2 aromatic rings. The second kappa shape index (κ2) is 13.6. The Morgan fingerprint density at radius 2 is 2.09 bits per heavy atom. The molecule has 2 heterocycles. The summed E-state index contributed by atoms with van der Waals surface area (Å²) in [5.41, 5.74) is 4.73. The number of aromatic nitrogens is 2. The van der Waals surface area contributed by atoms with Crippen molar-refractivity contribution in [1.82, 2.24) is 14.9 Å². The molecule has 1 aliphatic rings. The Morgan fingerprint density at radius 3 is 2.77 bits per heavy atom. The minimum Gasteiger partial charge on any atom is -0.461 e. The summed E-state index contributed by atoms with van der Waals surface area (Å²) in [6.45, 7) is 10.0. The van der Waals surface area contributed by atoms with E-state index in [2.05, 4.69) is 34.8 Å². The highest BCUT2D eigenvalue weighted by atomic mass is 32.1. The first kappa shape index (κ1) is 27.2. The largest absolute Gasteiger partial charge is 0.461 e. The number of allylic oxidation sites excluding steroid dienone is 2. The van der Waals surface area contributed by atoms with Crippen LogP contribution in [-0.4, -0.2) is 34.6 Å². The van der Waals surface area contributed by atoms with Gasteiger partial charge in [0.15, 0.2) is 0 Å². The molecule has 0 aliphatic heterocycles. The van der Waals surface area contributed by atoms with E-state index in [0.717, 1.165) is 50.0 Å². The SMILES string of the molecule is CCCCC(CC)CNC(=O)c1cc(-c2csc(C(=O)OCC)n2)n(CCC2=CCCCC2)c1C. The Morgan fingerprint density at radius 1 is 1.26 bits per heavy atom. The van der Waals surface area contributed by atoms with Crippen LogP contribution in [0.3, 0.4) is 0 Å². The Labute approximate surface area is 214 Å². The van der Waals surface area contributed by atoms with Gasteiger partial charge < -0.3 is 14.6 Å². The van der Waals surface area contributed by atoms with Gasteiger partial charge in [-0.1, -0.05) is 44.8 Å². The van der Waals surface area contributed by atoms with Crippen LogP contribution >= 0.6 is 11.3 Å². The second-order valence-electron chi connectivity index (χ2n) is 9.42. The fraction of sp³-hybridized carbons (Fsp3) is 0.607. The van der Waals surface area contributed by atoms with E-state index >= 15 is 0 Å². The van der Waals surface area contributed by atoms with Gasteiger partial charge in [0.05, 0.1) is 23.6 Å². The number of amides is 1. The van der Waals surface area contributed by atoms with E-state index in [0.29, 0.717) is 35.3 Å². The third kappa shape index (κ3) is 7.29. The van der Waals surface area contributed by atoms with Gasteiger partial charge >= 0.3 is 5.97 Å². The second-order valence-corrected chi connectivity index (χ2v) is 10.3. The van der Waals surface area contributed by atoms with Crippen LogP contribution in [0.4, 0.5) is 0 Å². The average Bonchev–Trinajstić information content (AvgIpc) is 3.48. The van der Waals surface area contributed by atoms with Crippen molar-refractivity contribution >= 4 is 23.2 Å². The van der Waals surface area contributed by atoms with Crippen molar-refractivity contribution < 1.29 is 14.3 Å². The lowest BCUT2D eigenvalue weighted by atomic mass is 9.97. The van der Waals surface area contributed by atoms with Crippen molar-refractivity contribution in [2.75, 3.05) is 13.2 Å². The fourth-order valence-corrected chi connectivity index (χ4v) is 5.42. The smallest absolute Gasteiger partial charge is 0.367 e. The van der Waals surface area contributed by atoms with E-state index in [-0.39, 0.29) is 5.91 Å². The number of unbranched alkanes of at least 4 members (excludes halogenated alkanes) is 1. The van der Waals surface area contributed by atoms with Crippen molar-refractivity contribution in [3.8, 4) is 11.4 Å². The minimum absolute atomic E-state index is 0.0322. The van der Waals surface area contributed by atoms with Crippen molar-refractivity contribution in [3.05, 3.63) is 39.4 Å². The van der Waals surface area contributed by atoms with Crippen LogP contribution in [0.1, 0.15) is 104 Å². The average molecular weight is 500 g/mol. The summed E-state index contributed by atoms with van der Waals surface area (Å²) < 4.78 is 7.32. The Kier molecular flexibility index (Phi) is 10.6. The van der Waals surface area contributed by atoms with Crippen LogP contribution in [0.2, 0.25) is 0 Å². The molecule has 0 saturated carbocycles. The van der Waals surface area contributed by atoms with Gasteiger partial charge in [-0.05, 0) is 64.4 Å². The third-order valence-corrected chi connectivity index (χ3v) is 7.79. The van der Waals surface area contributed by atoms with Gasteiger partial charge in [-0.3, -0.25) is 4.79 Å². The molecule has 0 fully saturated rings. The molecular weight excluding hydrogens is 458 g/mol. The third-order valence-electron chi connectivity index (χ3n) is 6.96. The monoisotopic (exact) mass is 499 g/mol. The number of hydrogen-bond donors (Lipinski definition) is 1. The molecule has 0 spiro atoms. The minimum atomic E-state index is -0.401. The maximum atomic E-state index is 13.2. The molecule has 0 aromatic carbocycles. The molecule has 6 nitrogen and oxygen atoms in total. The molecular formula is C28H41N3O3S. The molecule has 1 atom stereocenters. The maximum absolute atomic E-state index is 13.2. The summed E-state index contributed by atoms with van der Waals surface area (Å²) in [5.74, 6) is 0.0708. The molecule has 0 radical (unpaired) electrons. The number of nitrogens with zero attached hydrogens (tertiary/aromatic N) is 2. The first-order valence-corrected chi connectivity index (χ1v) is 14.2. The highest BCUT2D eigenvalue weighted by Gasteiger charge is 2.22. The number of hydrogen-bond acceptors (Lipinski definition) is 5. The molecule has 1 aliphatic carbocycles. The van der Waals surface area contributed by atoms with Crippen LogP contribution in [0.5, 0.6) is 0 Å². The normalized spacial score (nSPS) is 14.5. The predicted molar refractivity (Wildman–Crippen MR) is 143 cm³/mol.